The molecule has 2 saturated heterocycles. The third-order valence-electron chi connectivity index (χ3n) is 4.67. The summed E-state index contributed by atoms with van der Waals surface area (Å²) in [5, 5.41) is 20.6. The fourth-order valence-corrected chi connectivity index (χ4v) is 3.42. The van der Waals surface area contributed by atoms with E-state index in [0.717, 1.165) is 52.4 Å². The van der Waals surface area contributed by atoms with Crippen molar-refractivity contribution in [3.8, 4) is 0 Å². The zero-order chi connectivity index (χ0) is 16.2. The Hall–Kier alpha value is -1.70. The van der Waals surface area contributed by atoms with Crippen molar-refractivity contribution in [1.29, 1.82) is 0 Å². The lowest BCUT2D eigenvalue weighted by molar-refractivity contribution is -0.384. The fraction of sp³-hybridized carbons (Fsp3) is 0.625. The molecule has 7 nitrogen and oxygen atoms in total. The number of hydrogen-bond acceptors (Lipinski definition) is 6. The summed E-state index contributed by atoms with van der Waals surface area (Å²) >= 11 is 0. The van der Waals surface area contributed by atoms with Gasteiger partial charge in [0.05, 0.1) is 24.7 Å². The van der Waals surface area contributed by atoms with Gasteiger partial charge in [0.25, 0.3) is 5.69 Å². The summed E-state index contributed by atoms with van der Waals surface area (Å²) in [5.74, 6) is 0.519. The second kappa shape index (κ2) is 7.25. The smallest absolute Gasteiger partial charge is 0.292 e. The average molecular weight is 321 g/mol. The van der Waals surface area contributed by atoms with E-state index in [1.54, 1.807) is 12.1 Å². The molecule has 0 amide bonds. The van der Waals surface area contributed by atoms with E-state index in [-0.39, 0.29) is 17.2 Å². The standard InChI is InChI=1S/C16H23N3O4/c20-12-13-1-2-15(19(21)22)16(9-13)18-4-3-14(11-18)10-17-5-7-23-8-6-17/h1-2,9,14,20H,3-8,10-12H2. The topological polar surface area (TPSA) is 79.1 Å². The first kappa shape index (κ1) is 16.2. The van der Waals surface area contributed by atoms with Gasteiger partial charge in [-0.3, -0.25) is 15.0 Å². The van der Waals surface area contributed by atoms with Gasteiger partial charge in [0, 0.05) is 38.8 Å². The average Bonchev–Trinajstić information content (AvgIpc) is 3.03. The Balaban J connectivity index is 1.69. The van der Waals surface area contributed by atoms with Crippen molar-refractivity contribution in [2.45, 2.75) is 13.0 Å². The molecule has 126 valence electrons. The van der Waals surface area contributed by atoms with Crippen LogP contribution in [0.15, 0.2) is 18.2 Å². The molecule has 23 heavy (non-hydrogen) atoms. The Kier molecular flexibility index (Phi) is 5.09. The van der Waals surface area contributed by atoms with E-state index in [9.17, 15) is 15.2 Å². The highest BCUT2D eigenvalue weighted by molar-refractivity contribution is 5.65. The molecule has 1 N–H and O–H groups in total. The van der Waals surface area contributed by atoms with Crippen LogP contribution in [-0.4, -0.2) is 60.9 Å². The van der Waals surface area contributed by atoms with Crippen molar-refractivity contribution < 1.29 is 14.8 Å². The molecule has 0 aliphatic carbocycles. The predicted molar refractivity (Wildman–Crippen MR) is 86.6 cm³/mol. The Morgan fingerprint density at radius 2 is 2.09 bits per heavy atom. The Morgan fingerprint density at radius 1 is 1.30 bits per heavy atom. The first-order valence-electron chi connectivity index (χ1n) is 8.10. The van der Waals surface area contributed by atoms with Crippen LogP contribution in [0.2, 0.25) is 0 Å². The van der Waals surface area contributed by atoms with Gasteiger partial charge in [-0.25, -0.2) is 0 Å². The van der Waals surface area contributed by atoms with Crippen molar-refractivity contribution in [1.82, 2.24) is 4.90 Å². The fourth-order valence-electron chi connectivity index (χ4n) is 3.42. The van der Waals surface area contributed by atoms with Crippen LogP contribution in [0.4, 0.5) is 11.4 Å². The number of nitrogens with zero attached hydrogens (tertiary/aromatic N) is 3. The second-order valence-electron chi connectivity index (χ2n) is 6.25. The van der Waals surface area contributed by atoms with E-state index in [4.69, 9.17) is 4.74 Å². The SMILES string of the molecule is O=[N+]([O-])c1ccc(CO)cc1N1CCC(CN2CCOCC2)C1. The van der Waals surface area contributed by atoms with Crippen LogP contribution in [0.5, 0.6) is 0 Å². The minimum Gasteiger partial charge on any atom is -0.392 e. The Bertz CT molecular complexity index is 560. The lowest BCUT2D eigenvalue weighted by Gasteiger charge is -2.29. The van der Waals surface area contributed by atoms with Gasteiger partial charge in [0.1, 0.15) is 5.69 Å². The lowest BCUT2D eigenvalue weighted by Crippen LogP contribution is -2.39. The highest BCUT2D eigenvalue weighted by Gasteiger charge is 2.29. The molecule has 1 aromatic carbocycles. The number of nitro groups is 1. The van der Waals surface area contributed by atoms with E-state index < -0.39 is 0 Å². The summed E-state index contributed by atoms with van der Waals surface area (Å²) in [5.41, 5.74) is 1.46. The van der Waals surface area contributed by atoms with Crippen molar-refractivity contribution in [3.05, 3.63) is 33.9 Å². The molecule has 7 heteroatoms. The first-order chi connectivity index (χ1) is 11.2. The predicted octanol–water partition coefficient (Wildman–Crippen LogP) is 1.25. The zero-order valence-electron chi connectivity index (χ0n) is 13.2. The van der Waals surface area contributed by atoms with Crippen molar-refractivity contribution in [3.63, 3.8) is 0 Å². The van der Waals surface area contributed by atoms with Crippen LogP contribution in [0.1, 0.15) is 12.0 Å². The summed E-state index contributed by atoms with van der Waals surface area (Å²) in [6, 6.07) is 4.86. The minimum absolute atomic E-state index is 0.101. The zero-order valence-corrected chi connectivity index (χ0v) is 13.2. The van der Waals surface area contributed by atoms with Gasteiger partial charge in [-0.15, -0.1) is 0 Å². The normalized spacial score (nSPS) is 22.5. The first-order valence-corrected chi connectivity index (χ1v) is 8.10. The monoisotopic (exact) mass is 321 g/mol. The summed E-state index contributed by atoms with van der Waals surface area (Å²) in [6.45, 7) is 6.09. The van der Waals surface area contributed by atoms with Crippen LogP contribution in [0, 0.1) is 16.0 Å². The molecular weight excluding hydrogens is 298 g/mol. The summed E-state index contributed by atoms with van der Waals surface area (Å²) in [7, 11) is 0. The Morgan fingerprint density at radius 3 is 2.78 bits per heavy atom. The van der Waals surface area contributed by atoms with Gasteiger partial charge in [-0.1, -0.05) is 0 Å². The molecule has 3 rings (SSSR count). The molecule has 2 aliphatic rings. The number of anilines is 1. The van der Waals surface area contributed by atoms with E-state index in [1.165, 1.54) is 6.07 Å². The lowest BCUT2D eigenvalue weighted by atomic mass is 10.1. The maximum Gasteiger partial charge on any atom is 0.292 e. The molecule has 0 spiro atoms. The Labute approximate surface area is 135 Å². The molecule has 1 aromatic rings. The van der Waals surface area contributed by atoms with Crippen LogP contribution in [0.3, 0.4) is 0 Å². The van der Waals surface area contributed by atoms with E-state index in [0.29, 0.717) is 17.2 Å². The third-order valence-corrected chi connectivity index (χ3v) is 4.67. The van der Waals surface area contributed by atoms with E-state index in [1.807, 2.05) is 0 Å². The molecule has 2 fully saturated rings. The van der Waals surface area contributed by atoms with E-state index in [2.05, 4.69) is 9.80 Å². The number of hydrogen-bond donors (Lipinski definition) is 1. The maximum absolute atomic E-state index is 11.3. The van der Waals surface area contributed by atoms with Gasteiger partial charge < -0.3 is 14.7 Å². The van der Waals surface area contributed by atoms with Crippen LogP contribution < -0.4 is 4.90 Å². The van der Waals surface area contributed by atoms with Gasteiger partial charge in [-0.2, -0.15) is 0 Å². The maximum atomic E-state index is 11.3. The molecule has 1 unspecified atom stereocenters. The number of rotatable bonds is 5. The highest BCUT2D eigenvalue weighted by Crippen LogP contribution is 2.33. The summed E-state index contributed by atoms with van der Waals surface area (Å²) in [6.07, 6.45) is 1.04. The minimum atomic E-state index is -0.341. The summed E-state index contributed by atoms with van der Waals surface area (Å²) < 4.78 is 5.37. The molecule has 0 radical (unpaired) electrons. The molecule has 1 atom stereocenters. The van der Waals surface area contributed by atoms with Crippen molar-refractivity contribution >= 4 is 11.4 Å². The number of benzene rings is 1. The van der Waals surface area contributed by atoms with E-state index >= 15 is 0 Å². The van der Waals surface area contributed by atoms with Crippen LogP contribution in [0.25, 0.3) is 0 Å². The second-order valence-corrected chi connectivity index (χ2v) is 6.25. The highest BCUT2D eigenvalue weighted by atomic mass is 16.6. The van der Waals surface area contributed by atoms with Gasteiger partial charge in [-0.05, 0) is 30.0 Å². The van der Waals surface area contributed by atoms with Crippen LogP contribution in [-0.2, 0) is 11.3 Å². The molecule has 0 bridgehead atoms. The van der Waals surface area contributed by atoms with Gasteiger partial charge in [0.15, 0.2) is 0 Å². The van der Waals surface area contributed by atoms with Crippen LogP contribution >= 0.6 is 0 Å². The molecule has 0 saturated carbocycles. The van der Waals surface area contributed by atoms with Gasteiger partial charge >= 0.3 is 0 Å². The quantitative estimate of drug-likeness (QED) is 0.649. The molecule has 2 aliphatic heterocycles. The largest absolute Gasteiger partial charge is 0.392 e. The summed E-state index contributed by atoms with van der Waals surface area (Å²) in [4.78, 5) is 15.4. The number of nitro benzene ring substituents is 1. The molecule has 2 heterocycles. The number of aliphatic hydroxyl groups is 1. The van der Waals surface area contributed by atoms with Gasteiger partial charge in [0.2, 0.25) is 0 Å². The number of morpholine rings is 1. The van der Waals surface area contributed by atoms with Crippen molar-refractivity contribution in [2.24, 2.45) is 5.92 Å². The molecule has 0 aromatic heterocycles. The van der Waals surface area contributed by atoms with Crippen molar-refractivity contribution in [2.75, 3.05) is 50.8 Å². The molecular formula is C16H23N3O4. The number of ether oxygens (including phenoxy) is 1. The third kappa shape index (κ3) is 3.80. The number of aliphatic hydroxyl groups excluding tert-OH is 1.